The number of piperidine rings is 1. The number of likely N-dealkylation sites (tertiary alicyclic amines) is 1. The average molecular weight is 435 g/mol. The molecule has 0 spiro atoms. The minimum Gasteiger partial charge on any atom is -0.444 e. The molecule has 9 nitrogen and oxygen atoms in total. The molecule has 0 aliphatic carbocycles. The third-order valence-electron chi connectivity index (χ3n) is 5.15. The smallest absolute Gasteiger partial charge is 0.410 e. The number of aromatic nitrogens is 4. The van der Waals surface area contributed by atoms with Gasteiger partial charge in [0.15, 0.2) is 5.65 Å². The van der Waals surface area contributed by atoms with Gasteiger partial charge in [-0.15, -0.1) is 6.42 Å². The first kappa shape index (κ1) is 21.4. The summed E-state index contributed by atoms with van der Waals surface area (Å²) in [5.41, 5.74) is 6.65. The van der Waals surface area contributed by atoms with Crippen molar-refractivity contribution >= 4 is 23.1 Å². The number of carbonyl (C=O) groups is 1. The van der Waals surface area contributed by atoms with E-state index in [4.69, 9.17) is 21.6 Å². The van der Waals surface area contributed by atoms with Crippen LogP contribution in [0.3, 0.4) is 0 Å². The lowest BCUT2D eigenvalue weighted by atomic mass is 10.1. The van der Waals surface area contributed by atoms with Crippen molar-refractivity contribution in [1.29, 1.82) is 0 Å². The van der Waals surface area contributed by atoms with Crippen molar-refractivity contribution < 1.29 is 14.3 Å². The Balaban J connectivity index is 1.56. The number of hydrogen-bond acceptors (Lipinski definition) is 7. The Kier molecular flexibility index (Phi) is 5.61. The molecule has 166 valence electrons. The van der Waals surface area contributed by atoms with Crippen molar-refractivity contribution in [2.24, 2.45) is 0 Å². The van der Waals surface area contributed by atoms with Crippen LogP contribution in [0.5, 0.6) is 11.6 Å². The highest BCUT2D eigenvalue weighted by molar-refractivity contribution is 5.81. The van der Waals surface area contributed by atoms with E-state index in [0.717, 1.165) is 12.8 Å². The molecule has 1 amide bonds. The van der Waals surface area contributed by atoms with Gasteiger partial charge in [-0.25, -0.2) is 9.48 Å². The van der Waals surface area contributed by atoms with E-state index in [1.807, 2.05) is 37.6 Å². The number of nitrogens with two attached hydrogens (primary N) is 1. The Morgan fingerprint density at radius 3 is 2.62 bits per heavy atom. The fourth-order valence-corrected chi connectivity index (χ4v) is 3.66. The molecular weight excluding hydrogens is 408 g/mol. The second-order valence-electron chi connectivity index (χ2n) is 8.65. The number of anilines is 1. The van der Waals surface area contributed by atoms with Crippen molar-refractivity contribution in [3.05, 3.63) is 36.0 Å². The number of nitrogen functional groups attached to an aromatic ring is 1. The van der Waals surface area contributed by atoms with Gasteiger partial charge in [-0.05, 0) is 45.7 Å². The summed E-state index contributed by atoms with van der Waals surface area (Å²) in [7, 11) is 0. The second kappa shape index (κ2) is 8.38. The molecule has 1 saturated heterocycles. The average Bonchev–Trinajstić information content (AvgIpc) is 3.17. The van der Waals surface area contributed by atoms with E-state index in [1.165, 1.54) is 0 Å². The molecule has 3 heterocycles. The van der Waals surface area contributed by atoms with Gasteiger partial charge in [0.1, 0.15) is 16.7 Å². The van der Waals surface area contributed by atoms with Gasteiger partial charge in [0.25, 0.3) is 0 Å². The van der Waals surface area contributed by atoms with Gasteiger partial charge in [-0.3, -0.25) is 0 Å². The van der Waals surface area contributed by atoms with Crippen LogP contribution in [-0.2, 0) is 4.74 Å². The van der Waals surface area contributed by atoms with E-state index in [9.17, 15) is 4.79 Å². The summed E-state index contributed by atoms with van der Waals surface area (Å²) in [4.78, 5) is 22.7. The first-order valence-corrected chi connectivity index (χ1v) is 10.5. The minimum absolute atomic E-state index is 0.0614. The SMILES string of the molecule is C#Cc1ccccc1Oc1nc(N)nc2c1cnn2C1CCN(C(=O)OC(C)(C)C)CC1. The number of fused-ring (bicyclic) bond motifs is 1. The van der Waals surface area contributed by atoms with Crippen LogP contribution in [0, 0.1) is 12.3 Å². The van der Waals surface area contributed by atoms with Crippen LogP contribution in [0.1, 0.15) is 45.2 Å². The molecule has 0 bridgehead atoms. The first-order valence-electron chi connectivity index (χ1n) is 10.5. The monoisotopic (exact) mass is 434 g/mol. The lowest BCUT2D eigenvalue weighted by Crippen LogP contribution is -2.42. The van der Waals surface area contributed by atoms with Gasteiger partial charge < -0.3 is 20.1 Å². The normalized spacial score (nSPS) is 14.9. The summed E-state index contributed by atoms with van der Waals surface area (Å²) in [6.07, 6.45) is 8.38. The lowest BCUT2D eigenvalue weighted by molar-refractivity contribution is 0.0186. The summed E-state index contributed by atoms with van der Waals surface area (Å²) >= 11 is 0. The summed E-state index contributed by atoms with van der Waals surface area (Å²) in [6.45, 7) is 6.72. The molecule has 0 radical (unpaired) electrons. The van der Waals surface area contributed by atoms with Gasteiger partial charge in [0.2, 0.25) is 11.8 Å². The predicted octanol–water partition coefficient (Wildman–Crippen LogP) is 3.75. The van der Waals surface area contributed by atoms with Crippen LogP contribution < -0.4 is 10.5 Å². The third kappa shape index (κ3) is 4.44. The van der Waals surface area contributed by atoms with Gasteiger partial charge in [0, 0.05) is 13.1 Å². The number of amides is 1. The van der Waals surface area contributed by atoms with Crippen molar-refractivity contribution in [3.63, 3.8) is 0 Å². The summed E-state index contributed by atoms with van der Waals surface area (Å²) < 4.78 is 13.3. The minimum atomic E-state index is -0.519. The quantitative estimate of drug-likeness (QED) is 0.625. The zero-order valence-electron chi connectivity index (χ0n) is 18.4. The van der Waals surface area contributed by atoms with Crippen molar-refractivity contribution in [2.45, 2.75) is 45.3 Å². The number of rotatable bonds is 3. The zero-order valence-corrected chi connectivity index (χ0v) is 18.4. The highest BCUT2D eigenvalue weighted by Crippen LogP contribution is 2.32. The van der Waals surface area contributed by atoms with E-state index in [-0.39, 0.29) is 18.1 Å². The molecule has 9 heteroatoms. The number of para-hydroxylation sites is 1. The van der Waals surface area contributed by atoms with Gasteiger partial charge >= 0.3 is 6.09 Å². The van der Waals surface area contributed by atoms with Gasteiger partial charge in [-0.1, -0.05) is 18.1 Å². The topological polar surface area (TPSA) is 108 Å². The van der Waals surface area contributed by atoms with Crippen LogP contribution in [-0.4, -0.2) is 49.4 Å². The third-order valence-corrected chi connectivity index (χ3v) is 5.15. The summed E-state index contributed by atoms with van der Waals surface area (Å²) in [5, 5.41) is 5.18. The van der Waals surface area contributed by atoms with E-state index in [2.05, 4.69) is 21.0 Å². The molecule has 4 rings (SSSR count). The molecule has 32 heavy (non-hydrogen) atoms. The Bertz CT molecular complexity index is 1180. The van der Waals surface area contributed by atoms with E-state index < -0.39 is 5.60 Å². The number of nitrogens with zero attached hydrogens (tertiary/aromatic N) is 5. The molecule has 0 saturated carbocycles. The standard InChI is InChI=1S/C23H26N6O3/c1-5-15-8-6-7-9-18(15)31-20-17-14-25-29(19(17)26-21(24)27-20)16-10-12-28(13-11-16)22(30)32-23(2,3)4/h1,6-9,14,16H,10-13H2,2-4H3,(H2,24,26,27). The van der Waals surface area contributed by atoms with Crippen molar-refractivity contribution in [2.75, 3.05) is 18.8 Å². The Labute approximate surface area is 186 Å². The Morgan fingerprint density at radius 1 is 1.22 bits per heavy atom. The highest BCUT2D eigenvalue weighted by Gasteiger charge is 2.29. The van der Waals surface area contributed by atoms with Crippen LogP contribution in [0.15, 0.2) is 30.5 Å². The van der Waals surface area contributed by atoms with E-state index >= 15 is 0 Å². The molecule has 1 fully saturated rings. The van der Waals surface area contributed by atoms with Crippen molar-refractivity contribution in [3.8, 4) is 24.0 Å². The van der Waals surface area contributed by atoms with Crippen molar-refractivity contribution in [1.82, 2.24) is 24.6 Å². The molecule has 3 aromatic rings. The fourth-order valence-electron chi connectivity index (χ4n) is 3.66. The van der Waals surface area contributed by atoms with E-state index in [1.54, 1.807) is 23.2 Å². The molecule has 1 aliphatic rings. The number of hydrogen-bond donors (Lipinski definition) is 1. The van der Waals surface area contributed by atoms with Crippen LogP contribution >= 0.6 is 0 Å². The Morgan fingerprint density at radius 2 is 1.94 bits per heavy atom. The molecule has 1 aliphatic heterocycles. The number of terminal acetylenes is 1. The number of carbonyl (C=O) groups excluding carboxylic acids is 1. The van der Waals surface area contributed by atoms with E-state index in [0.29, 0.717) is 41.3 Å². The largest absolute Gasteiger partial charge is 0.444 e. The first-order chi connectivity index (χ1) is 15.2. The molecule has 1 aromatic carbocycles. The maximum atomic E-state index is 12.3. The highest BCUT2D eigenvalue weighted by atomic mass is 16.6. The van der Waals surface area contributed by atoms with Crippen LogP contribution in [0.25, 0.3) is 11.0 Å². The van der Waals surface area contributed by atoms with Crippen LogP contribution in [0.2, 0.25) is 0 Å². The van der Waals surface area contributed by atoms with Gasteiger partial charge in [0.05, 0.1) is 17.8 Å². The maximum absolute atomic E-state index is 12.3. The summed E-state index contributed by atoms with van der Waals surface area (Å²) in [5.74, 6) is 3.49. The zero-order chi connectivity index (χ0) is 22.9. The maximum Gasteiger partial charge on any atom is 0.410 e. The molecule has 2 N–H and O–H groups in total. The summed E-state index contributed by atoms with van der Waals surface area (Å²) in [6, 6.07) is 7.30. The Hall–Kier alpha value is -3.80. The number of benzene rings is 1. The lowest BCUT2D eigenvalue weighted by Gasteiger charge is -2.33. The fraction of sp³-hybridized carbons (Fsp3) is 0.391. The molecular formula is C23H26N6O3. The molecule has 0 atom stereocenters. The number of ether oxygens (including phenoxy) is 2. The van der Waals surface area contributed by atoms with Gasteiger partial charge in [-0.2, -0.15) is 15.1 Å². The predicted molar refractivity (Wildman–Crippen MR) is 120 cm³/mol. The second-order valence-corrected chi connectivity index (χ2v) is 8.65. The van der Waals surface area contributed by atoms with Crippen LogP contribution in [0.4, 0.5) is 10.7 Å². The molecule has 0 unspecified atom stereocenters. The molecule has 2 aromatic heterocycles.